The van der Waals surface area contributed by atoms with Crippen LogP contribution in [0.3, 0.4) is 0 Å². The van der Waals surface area contributed by atoms with E-state index in [1.54, 1.807) is 0 Å². The van der Waals surface area contributed by atoms with E-state index in [1.165, 1.54) is 0 Å². The highest BCUT2D eigenvalue weighted by molar-refractivity contribution is 4.86. The maximum atomic E-state index is 5.78. The first-order chi connectivity index (χ1) is 6.24. The molecule has 1 aromatic rings. The molecule has 2 N–H and O–H groups in total. The molecule has 0 spiro atoms. The number of rotatable bonds is 2. The quantitative estimate of drug-likeness (QED) is 0.692. The topological polar surface area (TPSA) is 68.2 Å². The molecule has 1 atom stereocenters. The fraction of sp³-hybridized carbons (Fsp3) is 0.750. The number of aromatic nitrogens is 2. The summed E-state index contributed by atoms with van der Waals surface area (Å²) in [5, 5.41) is 3.73. The first-order valence-corrected chi connectivity index (χ1v) is 4.51. The van der Waals surface area contributed by atoms with Crippen LogP contribution in [0.5, 0.6) is 0 Å². The van der Waals surface area contributed by atoms with Gasteiger partial charge in [-0.1, -0.05) is 5.16 Å². The smallest absolute Gasteiger partial charge is 0.240 e. The third-order valence-corrected chi connectivity index (χ3v) is 2.24. The lowest BCUT2D eigenvalue weighted by Gasteiger charge is -2.10. The molecule has 2 heterocycles. The number of hydrogen-bond donors (Lipinski definition) is 1. The van der Waals surface area contributed by atoms with E-state index in [0.29, 0.717) is 17.8 Å². The first kappa shape index (κ1) is 8.65. The van der Waals surface area contributed by atoms with Crippen molar-refractivity contribution in [2.75, 3.05) is 13.1 Å². The first-order valence-electron chi connectivity index (χ1n) is 4.51. The average Bonchev–Trinajstić information content (AvgIpc) is 2.62. The van der Waals surface area contributed by atoms with Gasteiger partial charge in [0.15, 0.2) is 5.82 Å². The number of hydrogen-bond acceptors (Lipinski definition) is 5. The van der Waals surface area contributed by atoms with E-state index in [9.17, 15) is 0 Å². The van der Waals surface area contributed by atoms with Gasteiger partial charge < -0.3 is 10.3 Å². The van der Waals surface area contributed by atoms with Crippen LogP contribution in [0.2, 0.25) is 0 Å². The van der Waals surface area contributed by atoms with Crippen molar-refractivity contribution in [3.05, 3.63) is 11.7 Å². The summed E-state index contributed by atoms with van der Waals surface area (Å²) in [6.07, 6.45) is 1.06. The highest BCUT2D eigenvalue weighted by Gasteiger charge is 2.20. The largest absolute Gasteiger partial charge is 0.338 e. The van der Waals surface area contributed by atoms with Crippen molar-refractivity contribution in [1.82, 2.24) is 15.0 Å². The molecule has 0 aromatic carbocycles. The molecule has 72 valence electrons. The fourth-order valence-corrected chi connectivity index (χ4v) is 1.60. The summed E-state index contributed by atoms with van der Waals surface area (Å²) in [5.41, 5.74) is 5.78. The molecule has 5 heteroatoms. The minimum absolute atomic E-state index is 0.309. The summed E-state index contributed by atoms with van der Waals surface area (Å²) in [5.74, 6) is 1.38. The summed E-state index contributed by atoms with van der Waals surface area (Å²) in [4.78, 5) is 6.37. The molecular formula is C8H14N4O. The molecular weight excluding hydrogens is 168 g/mol. The van der Waals surface area contributed by atoms with Crippen molar-refractivity contribution in [2.45, 2.75) is 25.9 Å². The molecule has 0 aliphatic carbocycles. The summed E-state index contributed by atoms with van der Waals surface area (Å²) in [7, 11) is 0. The summed E-state index contributed by atoms with van der Waals surface area (Å²) in [6, 6.07) is 0.309. The maximum absolute atomic E-state index is 5.78. The Kier molecular flexibility index (Phi) is 2.28. The fourth-order valence-electron chi connectivity index (χ4n) is 1.60. The van der Waals surface area contributed by atoms with Crippen LogP contribution >= 0.6 is 0 Å². The molecule has 0 saturated carbocycles. The van der Waals surface area contributed by atoms with Crippen LogP contribution in [0, 0.1) is 6.92 Å². The van der Waals surface area contributed by atoms with E-state index < -0.39 is 0 Å². The molecule has 1 unspecified atom stereocenters. The van der Waals surface area contributed by atoms with Gasteiger partial charge in [-0.05, 0) is 13.3 Å². The van der Waals surface area contributed by atoms with Gasteiger partial charge in [-0.2, -0.15) is 4.98 Å². The molecule has 1 saturated heterocycles. The average molecular weight is 182 g/mol. The standard InChI is InChI=1S/C8H14N4O/c1-6-10-8(13-11-6)5-12-3-2-7(9)4-12/h7H,2-5,9H2,1H3. The number of nitrogens with two attached hydrogens (primary N) is 1. The van der Waals surface area contributed by atoms with Crippen molar-refractivity contribution in [3.8, 4) is 0 Å². The molecule has 1 aromatic heterocycles. The lowest BCUT2D eigenvalue weighted by atomic mass is 10.3. The van der Waals surface area contributed by atoms with Crippen LogP contribution in [0.25, 0.3) is 0 Å². The molecule has 0 bridgehead atoms. The summed E-state index contributed by atoms with van der Waals surface area (Å²) >= 11 is 0. The van der Waals surface area contributed by atoms with Crippen molar-refractivity contribution >= 4 is 0 Å². The highest BCUT2D eigenvalue weighted by atomic mass is 16.5. The Morgan fingerprint density at radius 1 is 1.69 bits per heavy atom. The molecule has 5 nitrogen and oxygen atoms in total. The lowest BCUT2D eigenvalue weighted by molar-refractivity contribution is 0.265. The second kappa shape index (κ2) is 3.43. The van der Waals surface area contributed by atoms with Gasteiger partial charge in [0.1, 0.15) is 0 Å². The van der Waals surface area contributed by atoms with Gasteiger partial charge in [0, 0.05) is 19.1 Å². The van der Waals surface area contributed by atoms with Crippen LogP contribution in [-0.4, -0.2) is 34.2 Å². The highest BCUT2D eigenvalue weighted by Crippen LogP contribution is 2.10. The Hall–Kier alpha value is -0.940. The van der Waals surface area contributed by atoms with Gasteiger partial charge in [-0.25, -0.2) is 0 Å². The number of aryl methyl sites for hydroxylation is 1. The van der Waals surface area contributed by atoms with Gasteiger partial charge in [0.05, 0.1) is 6.54 Å². The monoisotopic (exact) mass is 182 g/mol. The van der Waals surface area contributed by atoms with Gasteiger partial charge in [0.25, 0.3) is 0 Å². The van der Waals surface area contributed by atoms with Crippen molar-refractivity contribution in [3.63, 3.8) is 0 Å². The second-order valence-corrected chi connectivity index (χ2v) is 3.52. The number of nitrogens with zero attached hydrogens (tertiary/aromatic N) is 3. The van der Waals surface area contributed by atoms with Gasteiger partial charge in [0.2, 0.25) is 5.89 Å². The Morgan fingerprint density at radius 3 is 3.08 bits per heavy atom. The van der Waals surface area contributed by atoms with Crippen molar-refractivity contribution in [1.29, 1.82) is 0 Å². The molecule has 2 rings (SSSR count). The molecule has 0 radical (unpaired) electrons. The molecule has 13 heavy (non-hydrogen) atoms. The van der Waals surface area contributed by atoms with E-state index in [0.717, 1.165) is 26.1 Å². The zero-order chi connectivity index (χ0) is 9.26. The van der Waals surface area contributed by atoms with E-state index in [4.69, 9.17) is 10.3 Å². The van der Waals surface area contributed by atoms with Crippen molar-refractivity contribution < 1.29 is 4.52 Å². The zero-order valence-corrected chi connectivity index (χ0v) is 7.73. The normalized spacial score (nSPS) is 24.0. The summed E-state index contributed by atoms with van der Waals surface area (Å²) < 4.78 is 5.02. The molecule has 1 fully saturated rings. The van der Waals surface area contributed by atoms with Crippen LogP contribution in [0.4, 0.5) is 0 Å². The third-order valence-electron chi connectivity index (χ3n) is 2.24. The second-order valence-electron chi connectivity index (χ2n) is 3.52. The van der Waals surface area contributed by atoms with Crippen LogP contribution in [0.1, 0.15) is 18.1 Å². The predicted molar refractivity (Wildman–Crippen MR) is 46.9 cm³/mol. The minimum atomic E-state index is 0.309. The van der Waals surface area contributed by atoms with Gasteiger partial charge >= 0.3 is 0 Å². The van der Waals surface area contributed by atoms with E-state index in [-0.39, 0.29) is 0 Å². The van der Waals surface area contributed by atoms with E-state index >= 15 is 0 Å². The minimum Gasteiger partial charge on any atom is -0.338 e. The molecule has 0 amide bonds. The van der Waals surface area contributed by atoms with Crippen LogP contribution in [0.15, 0.2) is 4.52 Å². The Bertz CT molecular complexity index is 285. The van der Waals surface area contributed by atoms with Crippen molar-refractivity contribution in [2.24, 2.45) is 5.73 Å². The van der Waals surface area contributed by atoms with E-state index in [2.05, 4.69) is 15.0 Å². The maximum Gasteiger partial charge on any atom is 0.240 e. The van der Waals surface area contributed by atoms with Gasteiger partial charge in [-0.3, -0.25) is 4.90 Å². The number of likely N-dealkylation sites (tertiary alicyclic amines) is 1. The van der Waals surface area contributed by atoms with Gasteiger partial charge in [-0.15, -0.1) is 0 Å². The lowest BCUT2D eigenvalue weighted by Crippen LogP contribution is -2.26. The van der Waals surface area contributed by atoms with Crippen LogP contribution < -0.4 is 5.73 Å². The zero-order valence-electron chi connectivity index (χ0n) is 7.73. The Labute approximate surface area is 76.9 Å². The van der Waals surface area contributed by atoms with E-state index in [1.807, 2.05) is 6.92 Å². The Balaban J connectivity index is 1.91. The van der Waals surface area contributed by atoms with Crippen LogP contribution in [-0.2, 0) is 6.54 Å². The SMILES string of the molecule is Cc1noc(CN2CCC(N)C2)n1. The predicted octanol–water partition coefficient (Wildman–Crippen LogP) is -0.0890. The molecule has 1 aliphatic heterocycles. The molecule has 1 aliphatic rings. The summed E-state index contributed by atoms with van der Waals surface area (Å²) in [6.45, 7) is 4.52. The third kappa shape index (κ3) is 2.05. The Morgan fingerprint density at radius 2 is 2.54 bits per heavy atom.